The third-order valence-electron chi connectivity index (χ3n) is 2.73. The third-order valence-corrected chi connectivity index (χ3v) is 3.46. The molecular formula is C12H11BrF3N3O. The van der Waals surface area contributed by atoms with E-state index in [2.05, 4.69) is 26.2 Å². The van der Waals surface area contributed by atoms with Gasteiger partial charge in [0, 0.05) is 24.1 Å². The summed E-state index contributed by atoms with van der Waals surface area (Å²) in [7, 11) is 1.67. The van der Waals surface area contributed by atoms with Crippen molar-refractivity contribution in [1.82, 2.24) is 15.0 Å². The highest BCUT2D eigenvalue weighted by Gasteiger charge is 2.31. The van der Waals surface area contributed by atoms with Crippen molar-refractivity contribution in [2.45, 2.75) is 18.7 Å². The minimum atomic E-state index is -4.44. The molecular weight excluding hydrogens is 339 g/mol. The molecule has 0 bridgehead atoms. The molecule has 2 rings (SSSR count). The Balaban J connectivity index is 2.27. The van der Waals surface area contributed by atoms with E-state index in [1.165, 1.54) is 10.7 Å². The van der Waals surface area contributed by atoms with Gasteiger partial charge in [-0.3, -0.25) is 4.68 Å². The minimum Gasteiger partial charge on any atom is -0.388 e. The van der Waals surface area contributed by atoms with Crippen LogP contribution in [0.1, 0.15) is 22.9 Å². The number of hydrogen-bond donors (Lipinski definition) is 1. The highest BCUT2D eigenvalue weighted by atomic mass is 79.9. The van der Waals surface area contributed by atoms with E-state index >= 15 is 0 Å². The maximum atomic E-state index is 12.7. The molecule has 0 aliphatic heterocycles. The van der Waals surface area contributed by atoms with Crippen molar-refractivity contribution < 1.29 is 18.3 Å². The van der Waals surface area contributed by atoms with E-state index in [1.54, 1.807) is 13.2 Å². The molecule has 20 heavy (non-hydrogen) atoms. The molecule has 1 aromatic carbocycles. The first-order chi connectivity index (χ1) is 9.27. The smallest absolute Gasteiger partial charge is 0.388 e. The molecule has 8 heteroatoms. The zero-order valence-electron chi connectivity index (χ0n) is 10.4. The van der Waals surface area contributed by atoms with Gasteiger partial charge in [0.15, 0.2) is 0 Å². The van der Waals surface area contributed by atoms with Crippen LogP contribution < -0.4 is 0 Å². The van der Waals surface area contributed by atoms with E-state index < -0.39 is 17.8 Å². The lowest BCUT2D eigenvalue weighted by Gasteiger charge is -2.14. The molecule has 108 valence electrons. The number of aryl methyl sites for hydroxylation is 1. The van der Waals surface area contributed by atoms with Gasteiger partial charge in [-0.05, 0) is 23.8 Å². The predicted molar refractivity (Wildman–Crippen MR) is 68.8 cm³/mol. The fourth-order valence-corrected chi connectivity index (χ4v) is 2.28. The van der Waals surface area contributed by atoms with Crippen molar-refractivity contribution in [2.24, 2.45) is 7.05 Å². The first-order valence-electron chi connectivity index (χ1n) is 5.67. The maximum absolute atomic E-state index is 12.7. The lowest BCUT2D eigenvalue weighted by atomic mass is 10.0. The maximum Gasteiger partial charge on any atom is 0.416 e. The van der Waals surface area contributed by atoms with E-state index in [1.807, 2.05) is 0 Å². The lowest BCUT2D eigenvalue weighted by molar-refractivity contribution is -0.137. The van der Waals surface area contributed by atoms with Gasteiger partial charge >= 0.3 is 6.18 Å². The van der Waals surface area contributed by atoms with Crippen molar-refractivity contribution in [2.75, 3.05) is 0 Å². The topological polar surface area (TPSA) is 50.9 Å². The minimum absolute atomic E-state index is 0.0910. The van der Waals surface area contributed by atoms with E-state index in [0.717, 1.165) is 12.1 Å². The molecule has 1 N–H and O–H groups in total. The molecule has 0 fully saturated rings. The molecule has 0 aliphatic rings. The Labute approximate surface area is 121 Å². The van der Waals surface area contributed by atoms with Crippen molar-refractivity contribution in [3.63, 3.8) is 0 Å². The van der Waals surface area contributed by atoms with Crippen LogP contribution >= 0.6 is 15.9 Å². The van der Waals surface area contributed by atoms with Gasteiger partial charge in [-0.25, -0.2) is 0 Å². The third kappa shape index (κ3) is 3.37. The van der Waals surface area contributed by atoms with Crippen molar-refractivity contribution in [3.05, 3.63) is 45.7 Å². The Morgan fingerprint density at radius 3 is 2.65 bits per heavy atom. The largest absolute Gasteiger partial charge is 0.416 e. The second-order valence-electron chi connectivity index (χ2n) is 4.34. The molecule has 1 atom stereocenters. The quantitative estimate of drug-likeness (QED) is 0.926. The van der Waals surface area contributed by atoms with Gasteiger partial charge in [0.2, 0.25) is 0 Å². The normalized spacial score (nSPS) is 13.5. The Kier molecular flexibility index (Phi) is 4.14. The fraction of sp³-hybridized carbons (Fsp3) is 0.333. The average molecular weight is 350 g/mol. The number of alkyl halides is 3. The molecule has 1 unspecified atom stereocenters. The molecule has 0 spiro atoms. The van der Waals surface area contributed by atoms with Gasteiger partial charge in [-0.15, -0.1) is 5.10 Å². The highest BCUT2D eigenvalue weighted by Crippen LogP contribution is 2.34. The van der Waals surface area contributed by atoms with Crippen LogP contribution in [0.5, 0.6) is 0 Å². The molecule has 0 saturated carbocycles. The predicted octanol–water partition coefficient (Wildman–Crippen LogP) is 2.87. The SMILES string of the molecule is Cn1cc(CC(O)c2cc(C(F)(F)F)ccc2Br)nn1. The van der Waals surface area contributed by atoms with Gasteiger partial charge in [-0.1, -0.05) is 21.1 Å². The highest BCUT2D eigenvalue weighted by molar-refractivity contribution is 9.10. The number of aromatic nitrogens is 3. The Bertz CT molecular complexity index is 612. The monoisotopic (exact) mass is 349 g/mol. The summed E-state index contributed by atoms with van der Waals surface area (Å²) in [6.45, 7) is 0. The van der Waals surface area contributed by atoms with Gasteiger partial charge in [0.05, 0.1) is 17.4 Å². The molecule has 1 heterocycles. The number of hydrogen-bond acceptors (Lipinski definition) is 3. The summed E-state index contributed by atoms with van der Waals surface area (Å²) in [4.78, 5) is 0. The summed E-state index contributed by atoms with van der Waals surface area (Å²) in [5.74, 6) is 0. The molecule has 0 amide bonds. The standard InChI is InChI=1S/C12H11BrF3N3O/c1-19-6-8(17-18-19)5-11(20)9-4-7(12(14,15)16)2-3-10(9)13/h2-4,6,11,20H,5H2,1H3. The molecule has 1 aromatic heterocycles. The number of aliphatic hydroxyl groups excluding tert-OH is 1. The number of rotatable bonds is 3. The second-order valence-corrected chi connectivity index (χ2v) is 5.19. The van der Waals surface area contributed by atoms with Crippen LogP contribution in [0.3, 0.4) is 0 Å². The van der Waals surface area contributed by atoms with E-state index in [4.69, 9.17) is 0 Å². The first kappa shape index (κ1) is 15.0. The second kappa shape index (κ2) is 5.53. The Morgan fingerprint density at radius 2 is 2.10 bits per heavy atom. The van der Waals surface area contributed by atoms with Crippen molar-refractivity contribution in [1.29, 1.82) is 0 Å². The first-order valence-corrected chi connectivity index (χ1v) is 6.46. The zero-order chi connectivity index (χ0) is 14.9. The van der Waals surface area contributed by atoms with Crippen LogP contribution in [0.15, 0.2) is 28.9 Å². The molecule has 2 aromatic rings. The molecule has 4 nitrogen and oxygen atoms in total. The fourth-order valence-electron chi connectivity index (χ4n) is 1.77. The van der Waals surface area contributed by atoms with E-state index in [0.29, 0.717) is 10.2 Å². The van der Waals surface area contributed by atoms with Crippen LogP contribution in [0.4, 0.5) is 13.2 Å². The Hall–Kier alpha value is -1.41. The summed E-state index contributed by atoms with van der Waals surface area (Å²) >= 11 is 3.15. The zero-order valence-corrected chi connectivity index (χ0v) is 12.0. The van der Waals surface area contributed by atoms with E-state index in [-0.39, 0.29) is 12.0 Å². The van der Waals surface area contributed by atoms with Crippen LogP contribution in [-0.4, -0.2) is 20.1 Å². The van der Waals surface area contributed by atoms with Crippen LogP contribution in [-0.2, 0) is 19.6 Å². The van der Waals surface area contributed by atoms with Crippen molar-refractivity contribution in [3.8, 4) is 0 Å². The average Bonchev–Trinajstić information content (AvgIpc) is 2.73. The number of aliphatic hydroxyl groups is 1. The number of nitrogens with zero attached hydrogens (tertiary/aromatic N) is 3. The summed E-state index contributed by atoms with van der Waals surface area (Å²) in [5, 5.41) is 17.6. The van der Waals surface area contributed by atoms with Crippen LogP contribution in [0.25, 0.3) is 0 Å². The lowest BCUT2D eigenvalue weighted by Crippen LogP contribution is -2.09. The summed E-state index contributed by atoms with van der Waals surface area (Å²) < 4.78 is 39.9. The molecule has 0 radical (unpaired) electrons. The van der Waals surface area contributed by atoms with E-state index in [9.17, 15) is 18.3 Å². The van der Waals surface area contributed by atoms with Crippen molar-refractivity contribution >= 4 is 15.9 Å². The summed E-state index contributed by atoms with van der Waals surface area (Å²) in [5.41, 5.74) is -0.122. The number of halogens is 4. The van der Waals surface area contributed by atoms with Gasteiger partial charge < -0.3 is 5.11 Å². The van der Waals surface area contributed by atoms with Gasteiger partial charge in [0.25, 0.3) is 0 Å². The van der Waals surface area contributed by atoms with Crippen LogP contribution in [0.2, 0.25) is 0 Å². The summed E-state index contributed by atoms with van der Waals surface area (Å²) in [6, 6.07) is 3.17. The van der Waals surface area contributed by atoms with Gasteiger partial charge in [0.1, 0.15) is 0 Å². The summed E-state index contributed by atoms with van der Waals surface area (Å²) in [6.07, 6.45) is -3.84. The van der Waals surface area contributed by atoms with Crippen LogP contribution in [0, 0.1) is 0 Å². The molecule has 0 saturated heterocycles. The molecule has 0 aliphatic carbocycles. The number of benzene rings is 1. The Morgan fingerprint density at radius 1 is 1.40 bits per heavy atom. The van der Waals surface area contributed by atoms with Gasteiger partial charge in [-0.2, -0.15) is 13.2 Å².